The lowest BCUT2D eigenvalue weighted by Crippen LogP contribution is -2.45. The normalized spacial score (nSPS) is 17.3. The molecule has 1 atom stereocenters. The van der Waals surface area contributed by atoms with Gasteiger partial charge >= 0.3 is 5.97 Å². The zero-order valence-electron chi connectivity index (χ0n) is 17.0. The van der Waals surface area contributed by atoms with Crippen LogP contribution in [0.5, 0.6) is 0 Å². The number of benzene rings is 1. The third kappa shape index (κ3) is 5.32. The fraction of sp³-hybridized carbons (Fsp3) is 0.600. The molecule has 1 fully saturated rings. The number of hydrogen-bond donors (Lipinski definition) is 1. The van der Waals surface area contributed by atoms with E-state index in [2.05, 4.69) is 5.32 Å². The molecule has 8 heteroatoms. The lowest BCUT2D eigenvalue weighted by atomic mass is 9.96. The van der Waals surface area contributed by atoms with Gasteiger partial charge in [-0.25, -0.2) is 13.2 Å². The van der Waals surface area contributed by atoms with Crippen molar-refractivity contribution in [2.75, 3.05) is 19.7 Å². The summed E-state index contributed by atoms with van der Waals surface area (Å²) in [6, 6.07) is 5.85. The number of amides is 1. The molecule has 0 bridgehead atoms. The van der Waals surface area contributed by atoms with Crippen LogP contribution in [0.4, 0.5) is 0 Å². The number of nitrogens with zero attached hydrogens (tertiary/aromatic N) is 1. The van der Waals surface area contributed by atoms with Crippen LogP contribution in [-0.4, -0.2) is 50.3 Å². The Bertz CT molecular complexity index is 781. The van der Waals surface area contributed by atoms with E-state index in [0.717, 1.165) is 0 Å². The maximum absolute atomic E-state index is 12.8. The predicted molar refractivity (Wildman–Crippen MR) is 106 cm³/mol. The first-order chi connectivity index (χ1) is 13.2. The minimum Gasteiger partial charge on any atom is -0.462 e. The van der Waals surface area contributed by atoms with E-state index in [4.69, 9.17) is 4.74 Å². The van der Waals surface area contributed by atoms with Crippen LogP contribution in [0.25, 0.3) is 0 Å². The Hall–Kier alpha value is -1.93. The van der Waals surface area contributed by atoms with Crippen LogP contribution in [0.1, 0.15) is 50.9 Å². The van der Waals surface area contributed by atoms with Crippen LogP contribution in [-0.2, 0) is 19.6 Å². The van der Waals surface area contributed by atoms with Gasteiger partial charge in [-0.3, -0.25) is 4.79 Å². The number of carbonyl (C=O) groups is 2. The molecule has 1 unspecified atom stereocenters. The van der Waals surface area contributed by atoms with E-state index in [1.807, 2.05) is 20.8 Å². The molecule has 1 saturated heterocycles. The first-order valence-corrected chi connectivity index (χ1v) is 11.2. The highest BCUT2D eigenvalue weighted by Crippen LogP contribution is 2.24. The maximum atomic E-state index is 12.8. The molecular formula is C20H30N2O5S. The molecule has 156 valence electrons. The molecule has 1 heterocycles. The molecule has 0 aromatic heterocycles. The summed E-state index contributed by atoms with van der Waals surface area (Å²) in [7, 11) is -3.65. The van der Waals surface area contributed by atoms with Crippen molar-refractivity contribution in [1.29, 1.82) is 0 Å². The summed E-state index contributed by atoms with van der Waals surface area (Å²) in [5.41, 5.74) is 0.315. The van der Waals surface area contributed by atoms with Gasteiger partial charge in [-0.05, 0) is 56.9 Å². The standard InChI is InChI=1S/C20H30N2O5S/c1-5-27-20(24)17-6-8-18(9-7-17)28(25,26)22-12-10-16(11-13-22)19(23)21-15(4)14(2)3/h6-9,14-16H,5,10-13H2,1-4H3,(H,21,23). The Morgan fingerprint density at radius 1 is 1.14 bits per heavy atom. The summed E-state index contributed by atoms with van der Waals surface area (Å²) in [5, 5.41) is 3.01. The number of piperidine rings is 1. The van der Waals surface area contributed by atoms with Crippen LogP contribution < -0.4 is 5.32 Å². The van der Waals surface area contributed by atoms with Gasteiger partial charge in [0.1, 0.15) is 0 Å². The monoisotopic (exact) mass is 410 g/mol. The van der Waals surface area contributed by atoms with E-state index in [-0.39, 0.29) is 29.4 Å². The maximum Gasteiger partial charge on any atom is 0.338 e. The van der Waals surface area contributed by atoms with Gasteiger partial charge in [-0.2, -0.15) is 4.31 Å². The van der Waals surface area contributed by atoms with E-state index in [9.17, 15) is 18.0 Å². The van der Waals surface area contributed by atoms with Gasteiger partial charge in [0, 0.05) is 25.0 Å². The number of esters is 1. The van der Waals surface area contributed by atoms with Crippen LogP contribution in [0, 0.1) is 11.8 Å². The third-order valence-electron chi connectivity index (χ3n) is 5.20. The first kappa shape index (κ1) is 22.4. The van der Waals surface area contributed by atoms with Crippen molar-refractivity contribution < 1.29 is 22.7 Å². The molecule has 1 N–H and O–H groups in total. The Labute approximate surface area is 167 Å². The number of ether oxygens (including phenoxy) is 1. The molecule has 7 nitrogen and oxygen atoms in total. The van der Waals surface area contributed by atoms with Crippen molar-refractivity contribution in [3.8, 4) is 0 Å². The zero-order chi connectivity index (χ0) is 20.9. The summed E-state index contributed by atoms with van der Waals surface area (Å²) in [4.78, 5) is 24.2. The predicted octanol–water partition coefficient (Wildman–Crippen LogP) is 2.42. The van der Waals surface area contributed by atoms with Gasteiger partial charge in [-0.1, -0.05) is 13.8 Å². The van der Waals surface area contributed by atoms with Crippen molar-refractivity contribution in [3.63, 3.8) is 0 Å². The van der Waals surface area contributed by atoms with Crippen molar-refractivity contribution in [2.45, 2.75) is 51.5 Å². The third-order valence-corrected chi connectivity index (χ3v) is 7.11. The number of sulfonamides is 1. The second kappa shape index (κ2) is 9.52. The van der Waals surface area contributed by atoms with Crippen LogP contribution >= 0.6 is 0 Å². The van der Waals surface area contributed by atoms with Gasteiger partial charge in [-0.15, -0.1) is 0 Å². The van der Waals surface area contributed by atoms with Crippen molar-refractivity contribution in [2.24, 2.45) is 11.8 Å². The summed E-state index contributed by atoms with van der Waals surface area (Å²) in [5.74, 6) is -0.299. The molecule has 2 rings (SSSR count). The highest BCUT2D eigenvalue weighted by atomic mass is 32.2. The Kier molecular flexibility index (Phi) is 7.60. The highest BCUT2D eigenvalue weighted by molar-refractivity contribution is 7.89. The summed E-state index contributed by atoms with van der Waals surface area (Å²) < 4.78 is 32.0. The molecule has 0 aliphatic carbocycles. The Balaban J connectivity index is 1.99. The SMILES string of the molecule is CCOC(=O)c1ccc(S(=O)(=O)N2CCC(C(=O)NC(C)C(C)C)CC2)cc1. The first-order valence-electron chi connectivity index (χ1n) is 9.74. The summed E-state index contributed by atoms with van der Waals surface area (Å²) in [6.45, 7) is 8.65. The molecule has 0 saturated carbocycles. The largest absolute Gasteiger partial charge is 0.462 e. The van der Waals surface area contributed by atoms with E-state index >= 15 is 0 Å². The van der Waals surface area contributed by atoms with Gasteiger partial charge in [0.15, 0.2) is 0 Å². The van der Waals surface area contributed by atoms with Gasteiger partial charge < -0.3 is 10.1 Å². The number of hydrogen-bond acceptors (Lipinski definition) is 5. The van der Waals surface area contributed by atoms with E-state index < -0.39 is 16.0 Å². The molecular weight excluding hydrogens is 380 g/mol. The number of rotatable bonds is 7. The van der Waals surface area contributed by atoms with Gasteiger partial charge in [0.05, 0.1) is 17.1 Å². The van der Waals surface area contributed by atoms with Gasteiger partial charge in [0.25, 0.3) is 0 Å². The fourth-order valence-corrected chi connectivity index (χ4v) is 4.46. The minimum absolute atomic E-state index is 0.00274. The van der Waals surface area contributed by atoms with E-state index in [1.165, 1.54) is 28.6 Å². The molecule has 0 radical (unpaired) electrons. The minimum atomic E-state index is -3.65. The smallest absolute Gasteiger partial charge is 0.338 e. The highest BCUT2D eigenvalue weighted by Gasteiger charge is 2.32. The topological polar surface area (TPSA) is 92.8 Å². The molecule has 1 aromatic rings. The molecule has 1 aliphatic heterocycles. The lowest BCUT2D eigenvalue weighted by molar-refractivity contribution is -0.127. The molecule has 1 amide bonds. The molecule has 1 aromatic carbocycles. The average molecular weight is 411 g/mol. The molecule has 0 spiro atoms. The fourth-order valence-electron chi connectivity index (χ4n) is 2.99. The second-order valence-corrected chi connectivity index (χ2v) is 9.40. The average Bonchev–Trinajstić information content (AvgIpc) is 2.68. The molecule has 28 heavy (non-hydrogen) atoms. The zero-order valence-corrected chi connectivity index (χ0v) is 17.8. The quantitative estimate of drug-likeness (QED) is 0.697. The van der Waals surface area contributed by atoms with E-state index in [1.54, 1.807) is 6.92 Å². The van der Waals surface area contributed by atoms with Crippen LogP contribution in [0.3, 0.4) is 0 Å². The van der Waals surface area contributed by atoms with E-state index in [0.29, 0.717) is 37.4 Å². The summed E-state index contributed by atoms with van der Waals surface area (Å²) >= 11 is 0. The summed E-state index contributed by atoms with van der Waals surface area (Å²) in [6.07, 6.45) is 0.994. The Morgan fingerprint density at radius 2 is 1.71 bits per heavy atom. The number of carbonyl (C=O) groups excluding carboxylic acids is 2. The molecule has 1 aliphatic rings. The van der Waals surface area contributed by atoms with Crippen molar-refractivity contribution in [1.82, 2.24) is 9.62 Å². The number of nitrogens with one attached hydrogen (secondary N) is 1. The van der Waals surface area contributed by atoms with Crippen molar-refractivity contribution in [3.05, 3.63) is 29.8 Å². The lowest BCUT2D eigenvalue weighted by Gasteiger charge is -2.31. The second-order valence-electron chi connectivity index (χ2n) is 7.46. The van der Waals surface area contributed by atoms with Gasteiger partial charge in [0.2, 0.25) is 15.9 Å². The Morgan fingerprint density at radius 3 is 2.21 bits per heavy atom. The van der Waals surface area contributed by atoms with Crippen molar-refractivity contribution >= 4 is 21.9 Å². The van der Waals surface area contributed by atoms with Crippen LogP contribution in [0.15, 0.2) is 29.2 Å². The van der Waals surface area contributed by atoms with Crippen LogP contribution in [0.2, 0.25) is 0 Å².